The molecule has 0 unspecified atom stereocenters. The number of benzene rings is 2. The van der Waals surface area contributed by atoms with Crippen LogP contribution in [-0.2, 0) is 14.4 Å². The van der Waals surface area contributed by atoms with Crippen molar-refractivity contribution in [3.05, 3.63) is 63.6 Å². The van der Waals surface area contributed by atoms with Gasteiger partial charge >= 0.3 is 0 Å². The van der Waals surface area contributed by atoms with Crippen molar-refractivity contribution in [2.45, 2.75) is 13.0 Å². The van der Waals surface area contributed by atoms with Gasteiger partial charge in [-0.25, -0.2) is 4.90 Å². The van der Waals surface area contributed by atoms with Gasteiger partial charge in [-0.3, -0.25) is 14.4 Å². The largest absolute Gasteiger partial charge is 0.381 e. The Labute approximate surface area is 164 Å². The van der Waals surface area contributed by atoms with Crippen LogP contribution in [0.4, 0.5) is 5.69 Å². The summed E-state index contributed by atoms with van der Waals surface area (Å²) in [4.78, 5) is 43.4. The highest BCUT2D eigenvalue weighted by Crippen LogP contribution is 2.37. The molecule has 2 aromatic rings. The fourth-order valence-electron chi connectivity index (χ4n) is 3.20. The smallest absolute Gasteiger partial charge is 0.278 e. The molecule has 27 heavy (non-hydrogen) atoms. The third-order valence-electron chi connectivity index (χ3n) is 4.55. The normalized spacial score (nSPS) is 21.1. The van der Waals surface area contributed by atoms with Crippen molar-refractivity contribution in [3.63, 3.8) is 0 Å². The second kappa shape index (κ2) is 6.48. The summed E-state index contributed by atoms with van der Waals surface area (Å²) in [5.41, 5.74) is 1.64. The van der Waals surface area contributed by atoms with E-state index in [1.807, 2.05) is 0 Å². The van der Waals surface area contributed by atoms with Crippen molar-refractivity contribution in [1.82, 2.24) is 0 Å². The van der Waals surface area contributed by atoms with Gasteiger partial charge < -0.3 is 4.84 Å². The van der Waals surface area contributed by atoms with E-state index in [2.05, 4.69) is 5.16 Å². The van der Waals surface area contributed by atoms with Crippen molar-refractivity contribution >= 4 is 52.2 Å². The summed E-state index contributed by atoms with van der Waals surface area (Å²) < 4.78 is 0. The Bertz CT molecular complexity index is 1020. The second-order valence-corrected chi connectivity index (χ2v) is 7.06. The Hall–Kier alpha value is -2.70. The van der Waals surface area contributed by atoms with E-state index < -0.39 is 23.8 Å². The summed E-state index contributed by atoms with van der Waals surface area (Å²) in [6, 6.07) is 11.0. The number of imide groups is 1. The quantitative estimate of drug-likeness (QED) is 0.581. The molecule has 0 spiro atoms. The SMILES string of the molecule is CC(=O)c1ccc(N2C(=O)[C@@H]3C(c4ccc(Cl)cc4Cl)=NO[C@@H]3C2=O)cc1. The molecule has 1 saturated heterocycles. The fourth-order valence-corrected chi connectivity index (χ4v) is 3.70. The topological polar surface area (TPSA) is 76.0 Å². The maximum atomic E-state index is 13.0. The number of anilines is 1. The first-order valence-corrected chi connectivity index (χ1v) is 8.82. The van der Waals surface area contributed by atoms with Crippen LogP contribution in [0, 0.1) is 5.92 Å². The van der Waals surface area contributed by atoms with Crippen LogP contribution >= 0.6 is 23.2 Å². The standard InChI is InChI=1S/C19H12Cl2N2O4/c1-9(24)10-2-5-12(6-3-10)23-18(25)15-16(22-27-17(15)19(23)26)13-7-4-11(20)8-14(13)21/h2-8,15,17H,1H3/t15-,17+/m1/s1. The van der Waals surface area contributed by atoms with Gasteiger partial charge in [0.15, 0.2) is 5.78 Å². The van der Waals surface area contributed by atoms with Crippen LogP contribution in [0.2, 0.25) is 10.0 Å². The highest BCUT2D eigenvalue weighted by atomic mass is 35.5. The van der Waals surface area contributed by atoms with Crippen LogP contribution in [0.1, 0.15) is 22.8 Å². The summed E-state index contributed by atoms with van der Waals surface area (Å²) >= 11 is 12.1. The second-order valence-electron chi connectivity index (χ2n) is 6.22. The number of amides is 2. The summed E-state index contributed by atoms with van der Waals surface area (Å²) in [5, 5.41) is 4.68. The van der Waals surface area contributed by atoms with Crippen LogP contribution in [0.5, 0.6) is 0 Å². The van der Waals surface area contributed by atoms with Crippen LogP contribution in [0.25, 0.3) is 0 Å². The number of hydrogen-bond donors (Lipinski definition) is 0. The minimum atomic E-state index is -1.04. The average molecular weight is 403 g/mol. The molecule has 6 nitrogen and oxygen atoms in total. The van der Waals surface area contributed by atoms with Gasteiger partial charge in [-0.15, -0.1) is 0 Å². The third-order valence-corrected chi connectivity index (χ3v) is 5.10. The summed E-state index contributed by atoms with van der Waals surface area (Å²) in [7, 11) is 0. The Kier molecular flexibility index (Phi) is 4.25. The van der Waals surface area contributed by atoms with Gasteiger partial charge in [-0.1, -0.05) is 34.4 Å². The zero-order valence-corrected chi connectivity index (χ0v) is 15.5. The molecule has 0 N–H and O–H groups in total. The van der Waals surface area contributed by atoms with Gasteiger partial charge in [0.2, 0.25) is 12.0 Å². The molecule has 0 saturated carbocycles. The van der Waals surface area contributed by atoms with E-state index in [1.54, 1.807) is 36.4 Å². The molecule has 0 aromatic heterocycles. The first-order valence-electron chi connectivity index (χ1n) is 8.06. The number of ketones is 1. The number of carbonyl (C=O) groups excluding carboxylic acids is 3. The molecule has 0 aliphatic carbocycles. The predicted octanol–water partition coefficient (Wildman–Crippen LogP) is 3.49. The average Bonchev–Trinajstić information content (AvgIpc) is 3.16. The molecular formula is C19H12Cl2N2O4. The summed E-state index contributed by atoms with van der Waals surface area (Å²) in [5.74, 6) is -1.96. The Morgan fingerprint density at radius 2 is 1.78 bits per heavy atom. The van der Waals surface area contributed by atoms with Crippen molar-refractivity contribution in [3.8, 4) is 0 Å². The van der Waals surface area contributed by atoms with Gasteiger partial charge in [0.25, 0.3) is 5.91 Å². The number of nitrogens with zero attached hydrogens (tertiary/aromatic N) is 2. The first kappa shape index (κ1) is 17.7. The molecule has 2 heterocycles. The highest BCUT2D eigenvalue weighted by Gasteiger charge is 2.56. The summed E-state index contributed by atoms with van der Waals surface area (Å²) in [6.07, 6.45) is -1.04. The maximum Gasteiger partial charge on any atom is 0.278 e. The van der Waals surface area contributed by atoms with Crippen LogP contribution in [0.3, 0.4) is 0 Å². The van der Waals surface area contributed by atoms with Gasteiger partial charge in [0.1, 0.15) is 11.6 Å². The number of fused-ring (bicyclic) bond motifs is 1. The molecule has 1 fully saturated rings. The zero-order valence-electron chi connectivity index (χ0n) is 14.0. The molecule has 8 heteroatoms. The molecule has 2 amide bonds. The number of hydrogen-bond acceptors (Lipinski definition) is 5. The van der Waals surface area contributed by atoms with Crippen LogP contribution < -0.4 is 4.90 Å². The lowest BCUT2D eigenvalue weighted by Crippen LogP contribution is -2.33. The molecule has 2 atom stereocenters. The van der Waals surface area contributed by atoms with E-state index in [9.17, 15) is 14.4 Å². The molecule has 2 aliphatic heterocycles. The van der Waals surface area contributed by atoms with Crippen LogP contribution in [-0.4, -0.2) is 29.4 Å². The lowest BCUT2D eigenvalue weighted by Gasteiger charge is -2.16. The number of halogens is 2. The molecule has 0 radical (unpaired) electrons. The van der Waals surface area contributed by atoms with E-state index in [1.165, 1.54) is 13.0 Å². The number of carbonyl (C=O) groups is 3. The number of rotatable bonds is 3. The predicted molar refractivity (Wildman–Crippen MR) is 100 cm³/mol. The van der Waals surface area contributed by atoms with Gasteiger partial charge in [-0.2, -0.15) is 0 Å². The minimum absolute atomic E-state index is 0.104. The molecular weight excluding hydrogens is 391 g/mol. The highest BCUT2D eigenvalue weighted by molar-refractivity contribution is 6.39. The van der Waals surface area contributed by atoms with E-state index >= 15 is 0 Å². The van der Waals surface area contributed by atoms with E-state index in [0.29, 0.717) is 32.6 Å². The van der Waals surface area contributed by atoms with Gasteiger partial charge in [0.05, 0.1) is 10.7 Å². The van der Waals surface area contributed by atoms with Crippen molar-refractivity contribution in [2.24, 2.45) is 11.1 Å². The van der Waals surface area contributed by atoms with E-state index in [4.69, 9.17) is 28.0 Å². The lowest BCUT2D eigenvalue weighted by molar-refractivity contribution is -0.126. The Balaban J connectivity index is 1.69. The lowest BCUT2D eigenvalue weighted by atomic mass is 9.94. The first-order chi connectivity index (χ1) is 12.9. The number of Topliss-reactive ketones (excluding diaryl/α,β-unsaturated/α-hetero) is 1. The van der Waals surface area contributed by atoms with Crippen molar-refractivity contribution < 1.29 is 19.2 Å². The minimum Gasteiger partial charge on any atom is -0.381 e. The number of oxime groups is 1. The molecule has 2 aliphatic rings. The maximum absolute atomic E-state index is 13.0. The Morgan fingerprint density at radius 1 is 1.07 bits per heavy atom. The van der Waals surface area contributed by atoms with Crippen molar-refractivity contribution in [1.29, 1.82) is 0 Å². The van der Waals surface area contributed by atoms with Gasteiger partial charge in [0, 0.05) is 16.1 Å². The van der Waals surface area contributed by atoms with E-state index in [-0.39, 0.29) is 5.78 Å². The van der Waals surface area contributed by atoms with E-state index in [0.717, 1.165) is 4.90 Å². The Morgan fingerprint density at radius 3 is 2.41 bits per heavy atom. The zero-order chi connectivity index (χ0) is 19.3. The molecule has 136 valence electrons. The monoisotopic (exact) mass is 402 g/mol. The molecule has 4 rings (SSSR count). The summed E-state index contributed by atoms with van der Waals surface area (Å²) in [6.45, 7) is 1.44. The third kappa shape index (κ3) is 2.81. The fraction of sp³-hybridized carbons (Fsp3) is 0.158. The molecule has 0 bridgehead atoms. The van der Waals surface area contributed by atoms with Crippen molar-refractivity contribution in [2.75, 3.05) is 4.90 Å². The van der Waals surface area contributed by atoms with Gasteiger partial charge in [-0.05, 0) is 43.3 Å². The van der Waals surface area contributed by atoms with Crippen LogP contribution in [0.15, 0.2) is 47.6 Å². The molecule has 2 aromatic carbocycles.